The second kappa shape index (κ2) is 12.3. The summed E-state index contributed by atoms with van der Waals surface area (Å²) in [5.74, 6) is -1.80. The Morgan fingerprint density at radius 3 is 2.40 bits per heavy atom. The number of amides is 3. The number of hydrogen-bond donors (Lipinski definition) is 1. The quantitative estimate of drug-likeness (QED) is 0.382. The van der Waals surface area contributed by atoms with E-state index in [2.05, 4.69) is 20.1 Å². The molecule has 1 spiro atoms. The second-order valence-corrected chi connectivity index (χ2v) is 13.5. The molecule has 9 heteroatoms. The number of nitrogens with zero attached hydrogens (tertiary/aromatic N) is 3. The Kier molecular flexibility index (Phi) is 8.88. The summed E-state index contributed by atoms with van der Waals surface area (Å²) < 4.78 is -0.815. The third-order valence-corrected chi connectivity index (χ3v) is 11.4. The lowest BCUT2D eigenvalue weighted by molar-refractivity contribution is -0.145. The molecule has 7 nitrogen and oxygen atoms in total. The Morgan fingerprint density at radius 2 is 1.79 bits per heavy atom. The average Bonchev–Trinajstić information content (AvgIpc) is 3.58. The lowest BCUT2D eigenvalue weighted by Gasteiger charge is -2.42. The monoisotopic (exact) mass is 607 g/mol. The first-order chi connectivity index (χ1) is 20.2. The van der Waals surface area contributed by atoms with Crippen LogP contribution in [0.1, 0.15) is 18.9 Å². The maximum Gasteiger partial charge on any atom is 0.251 e. The van der Waals surface area contributed by atoms with Crippen molar-refractivity contribution >= 4 is 46.8 Å². The van der Waals surface area contributed by atoms with Crippen LogP contribution < -0.4 is 4.90 Å². The normalized spacial score (nSPS) is 28.3. The predicted octanol–water partition coefficient (Wildman–Crippen LogP) is 4.44. The summed E-state index contributed by atoms with van der Waals surface area (Å²) in [5, 5.41) is 11.2. The summed E-state index contributed by atoms with van der Waals surface area (Å²) in [6.07, 6.45) is 4.45. The van der Waals surface area contributed by atoms with Crippen molar-refractivity contribution in [2.24, 2.45) is 17.8 Å². The van der Waals surface area contributed by atoms with E-state index in [1.54, 1.807) is 69.9 Å². The number of fused-ring (bicyclic) bond motifs is 1. The first-order valence-electron chi connectivity index (χ1n) is 14.4. The van der Waals surface area contributed by atoms with E-state index in [9.17, 15) is 19.5 Å². The van der Waals surface area contributed by atoms with E-state index in [4.69, 9.17) is 11.6 Å². The molecular formula is C33H38ClN3O4S. The van der Waals surface area contributed by atoms with E-state index >= 15 is 0 Å². The Balaban J connectivity index is 1.63. The number of thioether (sulfide) groups is 1. The zero-order valence-corrected chi connectivity index (χ0v) is 25.6. The molecule has 0 aromatic heterocycles. The molecule has 3 saturated heterocycles. The fourth-order valence-electron chi connectivity index (χ4n) is 7.31. The largest absolute Gasteiger partial charge is 0.394 e. The molecule has 3 amide bonds. The lowest BCUT2D eigenvalue weighted by Crippen LogP contribution is -2.59. The van der Waals surface area contributed by atoms with E-state index in [-0.39, 0.29) is 42.0 Å². The van der Waals surface area contributed by atoms with Crippen molar-refractivity contribution in [1.82, 2.24) is 9.80 Å². The van der Waals surface area contributed by atoms with E-state index in [1.165, 1.54) is 0 Å². The number of aliphatic hydroxyl groups excluding tert-OH is 1. The van der Waals surface area contributed by atoms with Gasteiger partial charge in [-0.1, -0.05) is 61.0 Å². The van der Waals surface area contributed by atoms with Crippen molar-refractivity contribution in [3.05, 3.63) is 90.5 Å². The predicted molar refractivity (Wildman–Crippen MR) is 168 cm³/mol. The summed E-state index contributed by atoms with van der Waals surface area (Å²) in [4.78, 5) is 48.3. The minimum atomic E-state index is -0.876. The zero-order chi connectivity index (χ0) is 30.2. The Hall–Kier alpha value is -3.07. The zero-order valence-electron chi connectivity index (χ0n) is 24.1. The van der Waals surface area contributed by atoms with Crippen LogP contribution in [0.2, 0.25) is 5.02 Å². The SMILES string of the molecule is C=CCN(C)C(=O)[C@@H]1[C@@H]2CC(C)C3(S2)C(C(=O)N(CC=C)c2ccc(Cl)cc2)N([C@@H](CO)Cc2ccccc2)C(=O)[C@H]13. The van der Waals surface area contributed by atoms with E-state index in [0.717, 1.165) is 12.0 Å². The van der Waals surface area contributed by atoms with Crippen molar-refractivity contribution in [2.45, 2.75) is 41.8 Å². The number of carbonyl (C=O) groups excluding carboxylic acids is 3. The van der Waals surface area contributed by atoms with Crippen LogP contribution in [-0.4, -0.2) is 81.5 Å². The van der Waals surface area contributed by atoms with Crippen LogP contribution in [0.3, 0.4) is 0 Å². The number of hydrogen-bond acceptors (Lipinski definition) is 5. The lowest BCUT2D eigenvalue weighted by atomic mass is 9.65. The molecule has 3 aliphatic rings. The summed E-state index contributed by atoms with van der Waals surface area (Å²) in [6, 6.07) is 15.2. The highest BCUT2D eigenvalue weighted by molar-refractivity contribution is 8.02. The number of halogens is 1. The van der Waals surface area contributed by atoms with Gasteiger partial charge in [-0.15, -0.1) is 24.9 Å². The van der Waals surface area contributed by atoms with Gasteiger partial charge in [-0.05, 0) is 48.6 Å². The third kappa shape index (κ3) is 4.97. The number of likely N-dealkylation sites (tertiary alicyclic amines) is 1. The van der Waals surface area contributed by atoms with Crippen molar-refractivity contribution in [2.75, 3.05) is 31.6 Å². The first kappa shape index (κ1) is 30.4. The van der Waals surface area contributed by atoms with Crippen LogP contribution in [0.15, 0.2) is 79.9 Å². The molecule has 222 valence electrons. The van der Waals surface area contributed by atoms with Crippen LogP contribution in [-0.2, 0) is 20.8 Å². The molecule has 2 aromatic carbocycles. The maximum atomic E-state index is 14.9. The minimum absolute atomic E-state index is 0.000951. The maximum absolute atomic E-state index is 14.9. The van der Waals surface area contributed by atoms with Gasteiger partial charge in [0.1, 0.15) is 6.04 Å². The molecule has 7 atom stereocenters. The Morgan fingerprint density at radius 1 is 1.12 bits per heavy atom. The van der Waals surface area contributed by atoms with E-state index in [0.29, 0.717) is 23.7 Å². The van der Waals surface area contributed by atoms with Gasteiger partial charge in [-0.25, -0.2) is 0 Å². The molecule has 3 fully saturated rings. The molecule has 2 bridgehead atoms. The molecule has 3 aliphatic heterocycles. The number of rotatable bonds is 11. The van der Waals surface area contributed by atoms with Gasteiger partial charge < -0.3 is 19.8 Å². The topological polar surface area (TPSA) is 81.2 Å². The summed E-state index contributed by atoms with van der Waals surface area (Å²) in [6.45, 7) is 10.0. The number of aliphatic hydroxyl groups is 1. The van der Waals surface area contributed by atoms with Crippen LogP contribution >= 0.6 is 23.4 Å². The van der Waals surface area contributed by atoms with Crippen LogP contribution in [0.5, 0.6) is 0 Å². The summed E-state index contributed by atoms with van der Waals surface area (Å²) >= 11 is 7.79. The molecule has 42 heavy (non-hydrogen) atoms. The van der Waals surface area contributed by atoms with Gasteiger partial charge in [0.2, 0.25) is 11.8 Å². The van der Waals surface area contributed by atoms with Crippen molar-refractivity contribution in [3.63, 3.8) is 0 Å². The molecule has 0 radical (unpaired) electrons. The second-order valence-electron chi connectivity index (χ2n) is 11.5. The number of carbonyl (C=O) groups is 3. The molecule has 0 aliphatic carbocycles. The minimum Gasteiger partial charge on any atom is -0.394 e. The van der Waals surface area contributed by atoms with Gasteiger partial charge >= 0.3 is 0 Å². The van der Waals surface area contributed by atoms with Gasteiger partial charge in [0, 0.05) is 36.1 Å². The highest BCUT2D eigenvalue weighted by atomic mass is 35.5. The Bertz CT molecular complexity index is 1350. The standard InChI is InChI=1S/C33H38ClN3O4S/c1-5-16-35(4)30(39)27-26-18-21(3)33(42-26)28(27)31(40)37(25(20-38)19-22-10-8-7-9-11-22)29(33)32(41)36(17-6-2)24-14-12-23(34)13-15-24/h5-15,21,25-29,38H,1-2,16-20H2,3-4H3/t21?,25-,26+,27-,28+,29?,33?/m1/s1. The fraction of sp³-hybridized carbons (Fsp3) is 0.424. The van der Waals surface area contributed by atoms with Crippen molar-refractivity contribution < 1.29 is 19.5 Å². The average molecular weight is 608 g/mol. The van der Waals surface area contributed by atoms with Gasteiger partial charge in [-0.2, -0.15) is 0 Å². The third-order valence-electron chi connectivity index (χ3n) is 9.12. The van der Waals surface area contributed by atoms with Crippen LogP contribution in [0, 0.1) is 17.8 Å². The fourth-order valence-corrected chi connectivity index (χ4v) is 9.83. The molecule has 3 heterocycles. The molecule has 1 N–H and O–H groups in total. The Labute approximate surface area is 257 Å². The van der Waals surface area contributed by atoms with Gasteiger partial charge in [-0.3, -0.25) is 14.4 Å². The first-order valence-corrected chi connectivity index (χ1v) is 15.6. The summed E-state index contributed by atoms with van der Waals surface area (Å²) in [5.41, 5.74) is 1.60. The van der Waals surface area contributed by atoms with Crippen LogP contribution in [0.25, 0.3) is 0 Å². The highest BCUT2D eigenvalue weighted by Crippen LogP contribution is 2.69. The smallest absolute Gasteiger partial charge is 0.251 e. The van der Waals surface area contributed by atoms with E-state index < -0.39 is 28.7 Å². The molecular weight excluding hydrogens is 570 g/mol. The van der Waals surface area contributed by atoms with Gasteiger partial charge in [0.15, 0.2) is 0 Å². The van der Waals surface area contributed by atoms with E-state index in [1.807, 2.05) is 30.3 Å². The number of benzene rings is 2. The summed E-state index contributed by atoms with van der Waals surface area (Å²) in [7, 11) is 1.73. The van der Waals surface area contributed by atoms with Gasteiger partial charge in [0.25, 0.3) is 5.91 Å². The van der Waals surface area contributed by atoms with Crippen LogP contribution in [0.4, 0.5) is 5.69 Å². The molecule has 2 aromatic rings. The molecule has 3 unspecified atom stereocenters. The molecule has 0 saturated carbocycles. The van der Waals surface area contributed by atoms with Crippen molar-refractivity contribution in [3.8, 4) is 0 Å². The number of anilines is 1. The highest BCUT2D eigenvalue weighted by Gasteiger charge is 2.77. The van der Waals surface area contributed by atoms with Gasteiger partial charge in [0.05, 0.1) is 29.2 Å². The van der Waals surface area contributed by atoms with Crippen molar-refractivity contribution in [1.29, 1.82) is 0 Å². The number of likely N-dealkylation sites (N-methyl/N-ethyl adjacent to an activating group) is 1. The molecule has 5 rings (SSSR count).